The summed E-state index contributed by atoms with van der Waals surface area (Å²) in [4.78, 5) is 17.1. The molecule has 3 aromatic rings. The molecule has 2 aromatic carbocycles. The van der Waals surface area contributed by atoms with Crippen LogP contribution in [0.4, 0.5) is 0 Å². The molecule has 0 bridgehead atoms. The summed E-state index contributed by atoms with van der Waals surface area (Å²) in [6.07, 6.45) is 1.54. The topological polar surface area (TPSA) is 53.4 Å². The molecule has 5 nitrogen and oxygen atoms in total. The Bertz CT molecular complexity index is 1060. The molecule has 3 rings (SSSR count). The van der Waals surface area contributed by atoms with Gasteiger partial charge in [-0.05, 0) is 35.2 Å². The summed E-state index contributed by atoms with van der Waals surface area (Å²) in [7, 11) is 1.58. The average Bonchev–Trinajstić information content (AvgIpc) is 2.71. The number of hydrogen-bond donors (Lipinski definition) is 0. The van der Waals surface area contributed by atoms with Crippen LogP contribution in [-0.4, -0.2) is 23.3 Å². The summed E-state index contributed by atoms with van der Waals surface area (Å²) < 4.78 is 12.8. The number of aromatic nitrogens is 2. The second kappa shape index (κ2) is 9.58. The standard InChI is InChI=1S/C23H25ClN2O3S/c1-23(2,3)14-29-19-10-9-18(11-20(19)28-4)26-15-25-21(12-22(26)27)30-13-16-5-7-17(24)8-6-16/h5-12,15H,13-14H2,1-4H3. The average molecular weight is 445 g/mol. The Hall–Kier alpha value is -2.44. The van der Waals surface area contributed by atoms with Crippen molar-refractivity contribution in [3.63, 3.8) is 0 Å². The van der Waals surface area contributed by atoms with Gasteiger partial charge in [-0.25, -0.2) is 4.98 Å². The van der Waals surface area contributed by atoms with E-state index >= 15 is 0 Å². The molecule has 0 fully saturated rings. The lowest BCUT2D eigenvalue weighted by Crippen LogP contribution is -2.19. The molecule has 158 valence electrons. The third-order valence-electron chi connectivity index (χ3n) is 4.17. The first-order valence-electron chi connectivity index (χ1n) is 9.52. The lowest BCUT2D eigenvalue weighted by molar-refractivity contribution is 0.191. The molecule has 0 saturated carbocycles. The Labute approximate surface area is 186 Å². The minimum atomic E-state index is -0.158. The van der Waals surface area contributed by atoms with Gasteiger partial charge in [-0.15, -0.1) is 11.8 Å². The molecule has 1 heterocycles. The molecule has 0 saturated heterocycles. The number of rotatable bonds is 7. The van der Waals surface area contributed by atoms with Crippen LogP contribution in [0.1, 0.15) is 26.3 Å². The molecule has 0 radical (unpaired) electrons. The van der Waals surface area contributed by atoms with Gasteiger partial charge >= 0.3 is 0 Å². The Balaban J connectivity index is 1.75. The van der Waals surface area contributed by atoms with Crippen molar-refractivity contribution in [1.82, 2.24) is 9.55 Å². The van der Waals surface area contributed by atoms with Gasteiger partial charge in [0.25, 0.3) is 5.56 Å². The quantitative estimate of drug-likeness (QED) is 0.350. The van der Waals surface area contributed by atoms with Crippen molar-refractivity contribution >= 4 is 23.4 Å². The minimum absolute atomic E-state index is 0.0318. The monoisotopic (exact) mass is 444 g/mol. The first-order chi connectivity index (χ1) is 14.2. The van der Waals surface area contributed by atoms with Gasteiger partial charge in [0.2, 0.25) is 0 Å². The number of halogens is 1. The fourth-order valence-corrected chi connectivity index (χ4v) is 3.55. The summed E-state index contributed by atoms with van der Waals surface area (Å²) >= 11 is 7.42. The van der Waals surface area contributed by atoms with Crippen LogP contribution in [-0.2, 0) is 5.75 Å². The maximum atomic E-state index is 12.7. The van der Waals surface area contributed by atoms with Crippen molar-refractivity contribution in [2.75, 3.05) is 13.7 Å². The Morgan fingerprint density at radius 2 is 1.80 bits per heavy atom. The van der Waals surface area contributed by atoms with E-state index in [2.05, 4.69) is 25.8 Å². The SMILES string of the molecule is COc1cc(-n2cnc(SCc3ccc(Cl)cc3)cc2=O)ccc1OCC(C)(C)C. The highest BCUT2D eigenvalue weighted by molar-refractivity contribution is 7.98. The molecule has 0 N–H and O–H groups in total. The van der Waals surface area contributed by atoms with Crippen molar-refractivity contribution < 1.29 is 9.47 Å². The van der Waals surface area contributed by atoms with Gasteiger partial charge in [0.05, 0.1) is 19.4 Å². The molecule has 0 atom stereocenters. The van der Waals surface area contributed by atoms with Gasteiger partial charge in [-0.3, -0.25) is 9.36 Å². The van der Waals surface area contributed by atoms with E-state index in [1.54, 1.807) is 13.2 Å². The first kappa shape index (κ1) is 22.2. The predicted octanol–water partition coefficient (Wildman–Crippen LogP) is 5.61. The van der Waals surface area contributed by atoms with Crippen LogP contribution in [0.2, 0.25) is 5.02 Å². The fourth-order valence-electron chi connectivity index (χ4n) is 2.61. The largest absolute Gasteiger partial charge is 0.493 e. The smallest absolute Gasteiger partial charge is 0.258 e. The van der Waals surface area contributed by atoms with Crippen molar-refractivity contribution in [1.29, 1.82) is 0 Å². The zero-order valence-electron chi connectivity index (χ0n) is 17.5. The van der Waals surface area contributed by atoms with Crippen LogP contribution in [0.3, 0.4) is 0 Å². The molecule has 0 amide bonds. The first-order valence-corrected chi connectivity index (χ1v) is 10.9. The van der Waals surface area contributed by atoms with Gasteiger partial charge in [0.15, 0.2) is 11.5 Å². The summed E-state index contributed by atoms with van der Waals surface area (Å²) in [6.45, 7) is 6.87. The molecule has 0 aliphatic carbocycles. The molecule has 0 aliphatic heterocycles. The van der Waals surface area contributed by atoms with Gasteiger partial charge < -0.3 is 9.47 Å². The zero-order valence-corrected chi connectivity index (χ0v) is 19.1. The number of thioether (sulfide) groups is 1. The highest BCUT2D eigenvalue weighted by Gasteiger charge is 2.14. The van der Waals surface area contributed by atoms with Crippen LogP contribution in [0.15, 0.2) is 64.7 Å². The van der Waals surface area contributed by atoms with E-state index in [0.29, 0.717) is 39.6 Å². The zero-order chi connectivity index (χ0) is 21.7. The van der Waals surface area contributed by atoms with Crippen molar-refractivity contribution in [2.45, 2.75) is 31.6 Å². The van der Waals surface area contributed by atoms with E-state index < -0.39 is 0 Å². The molecular weight excluding hydrogens is 420 g/mol. The summed E-state index contributed by atoms with van der Waals surface area (Å²) in [6, 6.07) is 14.6. The third-order valence-corrected chi connectivity index (χ3v) is 5.42. The Morgan fingerprint density at radius 1 is 1.07 bits per heavy atom. The van der Waals surface area contributed by atoms with Gasteiger partial charge in [0, 0.05) is 22.9 Å². The van der Waals surface area contributed by atoms with Crippen molar-refractivity contribution in [2.24, 2.45) is 5.41 Å². The van der Waals surface area contributed by atoms with E-state index in [1.807, 2.05) is 36.4 Å². The Morgan fingerprint density at radius 3 is 2.43 bits per heavy atom. The maximum Gasteiger partial charge on any atom is 0.258 e. The van der Waals surface area contributed by atoms with Crippen LogP contribution < -0.4 is 15.0 Å². The fraction of sp³-hybridized carbons (Fsp3) is 0.304. The highest BCUT2D eigenvalue weighted by atomic mass is 35.5. The van der Waals surface area contributed by atoms with Crippen LogP contribution in [0.5, 0.6) is 11.5 Å². The van der Waals surface area contributed by atoms with Crippen LogP contribution >= 0.6 is 23.4 Å². The summed E-state index contributed by atoms with van der Waals surface area (Å²) in [5, 5.41) is 1.37. The number of benzene rings is 2. The van der Waals surface area contributed by atoms with Gasteiger partial charge in [-0.2, -0.15) is 0 Å². The number of ether oxygens (including phenoxy) is 2. The van der Waals surface area contributed by atoms with Crippen molar-refractivity contribution in [3.8, 4) is 17.2 Å². The van der Waals surface area contributed by atoms with Crippen LogP contribution in [0, 0.1) is 5.41 Å². The highest BCUT2D eigenvalue weighted by Crippen LogP contribution is 2.31. The van der Waals surface area contributed by atoms with E-state index in [4.69, 9.17) is 21.1 Å². The number of hydrogen-bond acceptors (Lipinski definition) is 5. The summed E-state index contributed by atoms with van der Waals surface area (Å²) in [5.41, 5.74) is 1.66. The minimum Gasteiger partial charge on any atom is -0.493 e. The van der Waals surface area contributed by atoms with Crippen LogP contribution in [0.25, 0.3) is 5.69 Å². The van der Waals surface area contributed by atoms with E-state index in [1.165, 1.54) is 28.7 Å². The molecule has 30 heavy (non-hydrogen) atoms. The molecular formula is C23H25ClN2O3S. The second-order valence-electron chi connectivity index (χ2n) is 8.04. The van der Waals surface area contributed by atoms with Crippen molar-refractivity contribution in [3.05, 3.63) is 75.8 Å². The Kier molecular flexibility index (Phi) is 7.10. The summed E-state index contributed by atoms with van der Waals surface area (Å²) in [5.74, 6) is 1.93. The molecule has 0 aliphatic rings. The molecule has 0 unspecified atom stereocenters. The third kappa shape index (κ3) is 6.03. The number of nitrogens with zero attached hydrogens (tertiary/aromatic N) is 2. The lowest BCUT2D eigenvalue weighted by Gasteiger charge is -2.20. The maximum absolute atomic E-state index is 12.7. The molecule has 1 aromatic heterocycles. The number of methoxy groups -OCH3 is 1. The lowest BCUT2D eigenvalue weighted by atomic mass is 9.99. The normalized spacial score (nSPS) is 11.4. The van der Waals surface area contributed by atoms with E-state index in [-0.39, 0.29) is 11.0 Å². The molecule has 0 spiro atoms. The van der Waals surface area contributed by atoms with E-state index in [9.17, 15) is 4.79 Å². The molecule has 7 heteroatoms. The van der Waals surface area contributed by atoms with Gasteiger partial charge in [-0.1, -0.05) is 44.5 Å². The van der Waals surface area contributed by atoms with Gasteiger partial charge in [0.1, 0.15) is 11.4 Å². The van der Waals surface area contributed by atoms with E-state index in [0.717, 1.165) is 5.56 Å². The predicted molar refractivity (Wildman–Crippen MR) is 122 cm³/mol. The second-order valence-corrected chi connectivity index (χ2v) is 9.47.